The number of benzene rings is 4. The Balaban J connectivity index is 1.60. The largest absolute Gasteiger partial charge is 0.366 e. The second-order valence-electron chi connectivity index (χ2n) is 13.4. The molecule has 0 radical (unpaired) electrons. The average Bonchev–Trinajstić information content (AvgIpc) is 3.49. The second kappa shape index (κ2) is 15.2. The van der Waals surface area contributed by atoms with Crippen molar-refractivity contribution in [1.82, 2.24) is 9.47 Å². The lowest BCUT2D eigenvalue weighted by molar-refractivity contribution is 0.225. The molecule has 5 heteroatoms. The van der Waals surface area contributed by atoms with Crippen LogP contribution in [-0.2, 0) is 0 Å². The third-order valence-corrected chi connectivity index (χ3v) is 10.2. The standard InChI is InChI=1S/C47H49N5/c1-7-21-34(9-3)46-49-45-40(47(50(46)6)48-35-24-13-11-14-25-35)31-37(52-42(22-8-2)38(10-4)39-28-18-20-30-43(39)52)32-44(45)51(36-26-15-12-16-27-36)41-29-19-17-23-33(41)5/h7-15,17-26,28-32,46-49H,4,16,27H2,1-3,5-6H3/b21-7-,22-8-,34-9+. The maximum atomic E-state index is 4.27. The summed E-state index contributed by atoms with van der Waals surface area (Å²) in [6.45, 7) is 12.8. The van der Waals surface area contributed by atoms with E-state index in [9.17, 15) is 0 Å². The third kappa shape index (κ3) is 6.33. The smallest absolute Gasteiger partial charge is 0.109 e. The minimum atomic E-state index is -0.160. The van der Waals surface area contributed by atoms with Gasteiger partial charge in [0.05, 0.1) is 22.6 Å². The fourth-order valence-corrected chi connectivity index (χ4v) is 7.78. The van der Waals surface area contributed by atoms with Crippen LogP contribution in [-0.4, -0.2) is 22.7 Å². The lowest BCUT2D eigenvalue weighted by atomic mass is 9.96. The summed E-state index contributed by atoms with van der Waals surface area (Å²) in [7, 11) is 2.21. The van der Waals surface area contributed by atoms with Crippen LogP contribution < -0.4 is 15.5 Å². The molecule has 0 fully saturated rings. The number of anilines is 4. The van der Waals surface area contributed by atoms with Crippen LogP contribution in [0.25, 0.3) is 28.7 Å². The Morgan fingerprint density at radius 2 is 1.69 bits per heavy atom. The van der Waals surface area contributed by atoms with Gasteiger partial charge < -0.3 is 20.1 Å². The van der Waals surface area contributed by atoms with E-state index in [1.807, 2.05) is 6.08 Å². The summed E-state index contributed by atoms with van der Waals surface area (Å²) < 4.78 is 2.41. The summed E-state index contributed by atoms with van der Waals surface area (Å²) in [6, 6.07) is 32.7. The lowest BCUT2D eigenvalue weighted by Crippen LogP contribution is -2.48. The molecule has 4 aromatic carbocycles. The van der Waals surface area contributed by atoms with Gasteiger partial charge in [0.25, 0.3) is 0 Å². The molecule has 0 saturated carbocycles. The van der Waals surface area contributed by atoms with Gasteiger partial charge in [-0.1, -0.05) is 104 Å². The Morgan fingerprint density at radius 3 is 2.40 bits per heavy atom. The van der Waals surface area contributed by atoms with E-state index in [4.69, 9.17) is 0 Å². The van der Waals surface area contributed by atoms with Crippen LogP contribution in [0, 0.1) is 6.92 Å². The van der Waals surface area contributed by atoms with Crippen molar-refractivity contribution in [2.75, 3.05) is 22.6 Å². The molecule has 2 heterocycles. The highest BCUT2D eigenvalue weighted by atomic mass is 15.4. The van der Waals surface area contributed by atoms with Crippen LogP contribution in [0.3, 0.4) is 0 Å². The van der Waals surface area contributed by atoms with Crippen molar-refractivity contribution in [3.05, 3.63) is 174 Å². The van der Waals surface area contributed by atoms with Crippen molar-refractivity contribution in [2.24, 2.45) is 0 Å². The van der Waals surface area contributed by atoms with E-state index >= 15 is 0 Å². The molecule has 0 saturated heterocycles. The Kier molecular flexibility index (Phi) is 10.1. The molecule has 0 bridgehead atoms. The molecule has 2 atom stereocenters. The van der Waals surface area contributed by atoms with Gasteiger partial charge in [0, 0.05) is 39.3 Å². The van der Waals surface area contributed by atoms with Crippen LogP contribution in [0.4, 0.5) is 22.7 Å². The molecule has 262 valence electrons. The molecule has 7 rings (SSSR count). The number of aryl methyl sites for hydroxylation is 1. The third-order valence-electron chi connectivity index (χ3n) is 10.2. The van der Waals surface area contributed by atoms with Gasteiger partial charge in [0.15, 0.2) is 0 Å². The van der Waals surface area contributed by atoms with Gasteiger partial charge >= 0.3 is 0 Å². The van der Waals surface area contributed by atoms with Crippen molar-refractivity contribution >= 4 is 45.8 Å². The normalized spacial score (nSPS) is 17.7. The van der Waals surface area contributed by atoms with Crippen LogP contribution in [0.1, 0.15) is 62.2 Å². The van der Waals surface area contributed by atoms with E-state index in [1.54, 1.807) is 0 Å². The molecule has 0 spiro atoms. The first-order valence-corrected chi connectivity index (χ1v) is 18.4. The van der Waals surface area contributed by atoms with E-state index in [2.05, 4.69) is 206 Å². The molecule has 52 heavy (non-hydrogen) atoms. The fourth-order valence-electron chi connectivity index (χ4n) is 7.78. The van der Waals surface area contributed by atoms with Crippen molar-refractivity contribution in [2.45, 2.75) is 52.9 Å². The first-order valence-electron chi connectivity index (χ1n) is 18.4. The summed E-state index contributed by atoms with van der Waals surface area (Å²) in [5, 5.41) is 9.23. The molecule has 5 nitrogen and oxygen atoms in total. The predicted molar refractivity (Wildman–Crippen MR) is 224 cm³/mol. The van der Waals surface area contributed by atoms with Gasteiger partial charge in [-0.15, -0.1) is 0 Å². The highest BCUT2D eigenvalue weighted by molar-refractivity contribution is 5.96. The zero-order valence-electron chi connectivity index (χ0n) is 31.0. The molecule has 5 aromatic rings. The maximum Gasteiger partial charge on any atom is 0.109 e. The fraction of sp³-hybridized carbons (Fsp3) is 0.191. The molecule has 2 N–H and O–H groups in total. The summed E-state index contributed by atoms with van der Waals surface area (Å²) >= 11 is 0. The number of rotatable bonds is 10. The number of hydrogen-bond acceptors (Lipinski definition) is 4. The molecular formula is C47H49N5. The Hall–Kier alpha value is -5.78. The van der Waals surface area contributed by atoms with Crippen molar-refractivity contribution in [3.63, 3.8) is 0 Å². The highest BCUT2D eigenvalue weighted by Crippen LogP contribution is 2.48. The zero-order chi connectivity index (χ0) is 36.2. The van der Waals surface area contributed by atoms with Crippen LogP contribution in [0.15, 0.2) is 151 Å². The minimum absolute atomic E-state index is 0.0863. The number of fused-ring (bicyclic) bond motifs is 2. The predicted octanol–water partition coefficient (Wildman–Crippen LogP) is 12.3. The molecule has 2 aliphatic rings. The van der Waals surface area contributed by atoms with Crippen LogP contribution in [0.2, 0.25) is 0 Å². The second-order valence-corrected chi connectivity index (χ2v) is 13.4. The number of aromatic nitrogens is 1. The Morgan fingerprint density at radius 1 is 0.923 bits per heavy atom. The van der Waals surface area contributed by atoms with Crippen molar-refractivity contribution in [1.29, 1.82) is 0 Å². The SMILES string of the molecule is C=Cc1c(/C=C\C)n(-c2cc3c(c(N(C4=CC=CCC4)c4ccccc4C)c2)NC(C(/C=C\C)=C/C)N(C)C3Nc2ccccc2)c2ccccc12. The van der Waals surface area contributed by atoms with E-state index in [-0.39, 0.29) is 12.3 Å². The molecular weight excluding hydrogens is 635 g/mol. The number of para-hydroxylation sites is 3. The topological polar surface area (TPSA) is 35.5 Å². The minimum Gasteiger partial charge on any atom is -0.366 e. The average molecular weight is 684 g/mol. The number of nitrogens with zero attached hydrogens (tertiary/aromatic N) is 3. The summed E-state index contributed by atoms with van der Waals surface area (Å²) in [4.78, 5) is 4.91. The van der Waals surface area contributed by atoms with Gasteiger partial charge in [0.2, 0.25) is 0 Å². The number of likely N-dealkylation sites (N-methyl/N-ethyl adjacent to an activating group) is 1. The monoisotopic (exact) mass is 683 g/mol. The van der Waals surface area contributed by atoms with Gasteiger partial charge in [-0.05, 0) is 107 Å². The van der Waals surface area contributed by atoms with E-state index in [0.29, 0.717) is 0 Å². The van der Waals surface area contributed by atoms with E-state index in [1.165, 1.54) is 33.5 Å². The Bertz CT molecular complexity index is 2250. The first kappa shape index (κ1) is 34.7. The molecule has 0 amide bonds. The summed E-state index contributed by atoms with van der Waals surface area (Å²) in [5.74, 6) is 0. The van der Waals surface area contributed by atoms with E-state index < -0.39 is 0 Å². The number of allylic oxidation sites excluding steroid dienone is 7. The van der Waals surface area contributed by atoms with Crippen LogP contribution >= 0.6 is 0 Å². The van der Waals surface area contributed by atoms with Crippen molar-refractivity contribution < 1.29 is 0 Å². The van der Waals surface area contributed by atoms with E-state index in [0.717, 1.165) is 52.4 Å². The number of hydrogen-bond donors (Lipinski definition) is 2. The highest BCUT2D eigenvalue weighted by Gasteiger charge is 2.37. The van der Waals surface area contributed by atoms with Gasteiger partial charge in [0.1, 0.15) is 12.3 Å². The quantitative estimate of drug-likeness (QED) is 0.144. The summed E-state index contributed by atoms with van der Waals surface area (Å²) in [6.07, 6.45) is 21.3. The number of nitrogens with one attached hydrogen (secondary N) is 2. The molecule has 1 aliphatic heterocycles. The van der Waals surface area contributed by atoms with Crippen molar-refractivity contribution in [3.8, 4) is 5.69 Å². The Labute approximate surface area is 309 Å². The van der Waals surface area contributed by atoms with Gasteiger partial charge in [-0.25, -0.2) is 0 Å². The molecule has 1 aromatic heterocycles. The zero-order valence-corrected chi connectivity index (χ0v) is 31.0. The molecule has 1 aliphatic carbocycles. The lowest BCUT2D eigenvalue weighted by Gasteiger charge is -2.45. The first-order chi connectivity index (χ1) is 25.5. The summed E-state index contributed by atoms with van der Waals surface area (Å²) in [5.41, 5.74) is 13.8. The maximum absolute atomic E-state index is 4.27. The van der Waals surface area contributed by atoms with Gasteiger partial charge in [-0.3, -0.25) is 4.90 Å². The molecule has 2 unspecified atom stereocenters. The van der Waals surface area contributed by atoms with Crippen LogP contribution in [0.5, 0.6) is 0 Å². The van der Waals surface area contributed by atoms with Gasteiger partial charge in [-0.2, -0.15) is 0 Å².